The van der Waals surface area contributed by atoms with E-state index in [1.807, 2.05) is 23.8 Å². The first-order valence-electron chi connectivity index (χ1n) is 10.5. The Bertz CT molecular complexity index is 919. The third-order valence-corrected chi connectivity index (χ3v) is 7.34. The first-order chi connectivity index (χ1) is 13.9. The molecule has 0 spiro atoms. The molecule has 1 atom stereocenters. The molecule has 0 unspecified atom stereocenters. The molecule has 7 heteroatoms. The zero-order chi connectivity index (χ0) is 20.5. The van der Waals surface area contributed by atoms with Gasteiger partial charge in [0.1, 0.15) is 5.01 Å². The SMILES string of the molecule is CCOC[C@]1(CCc2nn3ccnc3s2)CCN(C(C)(C)c2ccc(C)nc2)C1. The standard InChI is InChI=1S/C22H31N5OS/c1-5-28-16-22(9-8-19-25-27-13-11-23-20(27)29-19)10-12-26(15-22)21(3,4)18-7-6-17(2)24-14-18/h6-7,11,13-14H,5,8-10,12,15-16H2,1-4H3/t22-/m1/s1. The smallest absolute Gasteiger partial charge is 0.212 e. The number of likely N-dealkylation sites (tertiary alicyclic amines) is 1. The molecule has 29 heavy (non-hydrogen) atoms. The Morgan fingerprint density at radius 1 is 1.28 bits per heavy atom. The Balaban J connectivity index is 1.49. The Hall–Kier alpha value is -1.83. The number of pyridine rings is 1. The zero-order valence-corrected chi connectivity index (χ0v) is 18.7. The lowest BCUT2D eigenvalue weighted by Gasteiger charge is -2.38. The fourth-order valence-corrected chi connectivity index (χ4v) is 5.14. The number of ether oxygens (including phenoxy) is 1. The van der Waals surface area contributed by atoms with Crippen molar-refractivity contribution in [3.8, 4) is 0 Å². The molecule has 0 aliphatic carbocycles. The normalized spacial score (nSPS) is 20.7. The van der Waals surface area contributed by atoms with Crippen LogP contribution in [0.4, 0.5) is 0 Å². The first kappa shape index (κ1) is 20.4. The van der Waals surface area contributed by atoms with E-state index in [4.69, 9.17) is 4.74 Å². The van der Waals surface area contributed by atoms with E-state index in [1.54, 1.807) is 17.5 Å². The van der Waals surface area contributed by atoms with Crippen LogP contribution in [-0.4, -0.2) is 50.8 Å². The van der Waals surface area contributed by atoms with Crippen LogP contribution in [-0.2, 0) is 16.7 Å². The van der Waals surface area contributed by atoms with Crippen LogP contribution in [0.2, 0.25) is 0 Å². The van der Waals surface area contributed by atoms with E-state index in [9.17, 15) is 0 Å². The molecule has 3 aromatic rings. The molecule has 1 aliphatic rings. The summed E-state index contributed by atoms with van der Waals surface area (Å²) in [5.74, 6) is 0. The van der Waals surface area contributed by atoms with Gasteiger partial charge in [-0.15, -0.1) is 0 Å². The molecule has 4 rings (SSSR count). The van der Waals surface area contributed by atoms with Gasteiger partial charge < -0.3 is 4.74 Å². The highest BCUT2D eigenvalue weighted by Gasteiger charge is 2.43. The number of aryl methyl sites for hydroxylation is 2. The van der Waals surface area contributed by atoms with Crippen LogP contribution >= 0.6 is 11.3 Å². The summed E-state index contributed by atoms with van der Waals surface area (Å²) in [7, 11) is 0. The molecule has 6 nitrogen and oxygen atoms in total. The lowest BCUT2D eigenvalue weighted by atomic mass is 9.83. The molecule has 0 saturated carbocycles. The van der Waals surface area contributed by atoms with Crippen molar-refractivity contribution in [3.05, 3.63) is 47.0 Å². The Labute approximate surface area is 176 Å². The number of nitrogens with zero attached hydrogens (tertiary/aromatic N) is 5. The van der Waals surface area contributed by atoms with Crippen molar-refractivity contribution in [2.24, 2.45) is 5.41 Å². The van der Waals surface area contributed by atoms with E-state index >= 15 is 0 Å². The molecular weight excluding hydrogens is 382 g/mol. The average molecular weight is 414 g/mol. The second-order valence-corrected chi connectivity index (χ2v) is 9.75. The minimum Gasteiger partial charge on any atom is -0.381 e. The molecule has 3 aromatic heterocycles. The fourth-order valence-electron chi connectivity index (χ4n) is 4.29. The summed E-state index contributed by atoms with van der Waals surface area (Å²) in [6, 6.07) is 4.33. The van der Waals surface area contributed by atoms with Crippen molar-refractivity contribution >= 4 is 16.3 Å². The summed E-state index contributed by atoms with van der Waals surface area (Å²) in [5.41, 5.74) is 2.46. The van der Waals surface area contributed by atoms with Crippen molar-refractivity contribution < 1.29 is 4.74 Å². The summed E-state index contributed by atoms with van der Waals surface area (Å²) in [6.45, 7) is 12.4. The zero-order valence-electron chi connectivity index (χ0n) is 17.9. The molecule has 0 amide bonds. The van der Waals surface area contributed by atoms with E-state index < -0.39 is 0 Å². The highest BCUT2D eigenvalue weighted by Crippen LogP contribution is 2.41. The molecule has 0 radical (unpaired) electrons. The maximum atomic E-state index is 5.96. The van der Waals surface area contributed by atoms with Gasteiger partial charge in [-0.25, -0.2) is 9.50 Å². The predicted molar refractivity (Wildman–Crippen MR) is 116 cm³/mol. The minimum atomic E-state index is -0.0451. The summed E-state index contributed by atoms with van der Waals surface area (Å²) < 4.78 is 7.84. The molecule has 156 valence electrons. The topological polar surface area (TPSA) is 55.6 Å². The molecule has 1 saturated heterocycles. The number of hydrogen-bond acceptors (Lipinski definition) is 6. The summed E-state index contributed by atoms with van der Waals surface area (Å²) in [5, 5.41) is 5.84. The first-order valence-corrected chi connectivity index (χ1v) is 11.3. The van der Waals surface area contributed by atoms with Gasteiger partial charge in [-0.3, -0.25) is 9.88 Å². The molecular formula is C22H31N5OS. The van der Waals surface area contributed by atoms with Gasteiger partial charge in [0.15, 0.2) is 0 Å². The van der Waals surface area contributed by atoms with Gasteiger partial charge in [0.05, 0.1) is 12.8 Å². The Morgan fingerprint density at radius 2 is 2.14 bits per heavy atom. The lowest BCUT2D eigenvalue weighted by Crippen LogP contribution is -2.42. The van der Waals surface area contributed by atoms with Crippen molar-refractivity contribution in [1.29, 1.82) is 0 Å². The van der Waals surface area contributed by atoms with E-state index in [0.29, 0.717) is 0 Å². The van der Waals surface area contributed by atoms with Crippen molar-refractivity contribution in [3.63, 3.8) is 0 Å². The van der Waals surface area contributed by atoms with Crippen LogP contribution in [0.3, 0.4) is 0 Å². The molecule has 1 aliphatic heterocycles. The van der Waals surface area contributed by atoms with Crippen molar-refractivity contribution in [2.75, 3.05) is 26.3 Å². The van der Waals surface area contributed by atoms with Gasteiger partial charge in [0.25, 0.3) is 0 Å². The van der Waals surface area contributed by atoms with Crippen molar-refractivity contribution in [2.45, 2.75) is 52.5 Å². The number of aromatic nitrogens is 4. The van der Waals surface area contributed by atoms with Crippen LogP contribution in [0.1, 0.15) is 49.9 Å². The number of fused-ring (bicyclic) bond motifs is 1. The lowest BCUT2D eigenvalue weighted by molar-refractivity contribution is 0.0384. The van der Waals surface area contributed by atoms with Gasteiger partial charge in [-0.05, 0) is 58.7 Å². The monoisotopic (exact) mass is 413 g/mol. The van der Waals surface area contributed by atoms with Gasteiger partial charge >= 0.3 is 0 Å². The largest absolute Gasteiger partial charge is 0.381 e. The van der Waals surface area contributed by atoms with Crippen LogP contribution in [0.5, 0.6) is 0 Å². The number of rotatable bonds is 8. The summed E-state index contributed by atoms with van der Waals surface area (Å²) in [6.07, 6.45) is 8.96. The summed E-state index contributed by atoms with van der Waals surface area (Å²) >= 11 is 1.69. The number of imidazole rings is 1. The van der Waals surface area contributed by atoms with Crippen LogP contribution in [0.15, 0.2) is 30.7 Å². The van der Waals surface area contributed by atoms with E-state index in [1.165, 1.54) is 5.56 Å². The number of hydrogen-bond donors (Lipinski definition) is 0. The molecule has 0 bridgehead atoms. The minimum absolute atomic E-state index is 0.0451. The molecule has 4 heterocycles. The maximum absolute atomic E-state index is 5.96. The van der Waals surface area contributed by atoms with Gasteiger partial charge in [-0.2, -0.15) is 5.10 Å². The Morgan fingerprint density at radius 3 is 2.86 bits per heavy atom. The molecule has 0 N–H and O–H groups in total. The summed E-state index contributed by atoms with van der Waals surface area (Å²) in [4.78, 5) is 12.5. The maximum Gasteiger partial charge on any atom is 0.212 e. The second kappa shape index (κ2) is 8.13. The van der Waals surface area contributed by atoms with Crippen LogP contribution < -0.4 is 0 Å². The molecule has 0 aromatic carbocycles. The quantitative estimate of drug-likeness (QED) is 0.557. The van der Waals surface area contributed by atoms with Gasteiger partial charge in [-0.1, -0.05) is 17.4 Å². The van der Waals surface area contributed by atoms with Gasteiger partial charge in [0, 0.05) is 48.6 Å². The van der Waals surface area contributed by atoms with Crippen molar-refractivity contribution in [1.82, 2.24) is 24.5 Å². The highest BCUT2D eigenvalue weighted by atomic mass is 32.1. The Kier molecular flexibility index (Phi) is 5.73. The van der Waals surface area contributed by atoms with E-state index in [-0.39, 0.29) is 11.0 Å². The highest BCUT2D eigenvalue weighted by molar-refractivity contribution is 7.16. The predicted octanol–water partition coefficient (Wildman–Crippen LogP) is 4.09. The third kappa shape index (κ3) is 4.22. The van der Waals surface area contributed by atoms with Crippen LogP contribution in [0.25, 0.3) is 4.96 Å². The van der Waals surface area contributed by atoms with E-state index in [2.05, 4.69) is 52.9 Å². The van der Waals surface area contributed by atoms with E-state index in [0.717, 1.165) is 61.2 Å². The van der Waals surface area contributed by atoms with Gasteiger partial charge in [0.2, 0.25) is 4.96 Å². The third-order valence-electron chi connectivity index (χ3n) is 6.35. The molecule has 1 fully saturated rings. The average Bonchev–Trinajstić information content (AvgIpc) is 3.40. The fraction of sp³-hybridized carbons (Fsp3) is 0.591. The second-order valence-electron chi connectivity index (χ2n) is 8.71. The van der Waals surface area contributed by atoms with Crippen LogP contribution in [0, 0.1) is 12.3 Å².